The maximum atomic E-state index is 10.4. The lowest BCUT2D eigenvalue weighted by Crippen LogP contribution is -2.35. The van der Waals surface area contributed by atoms with Gasteiger partial charge in [0, 0.05) is 11.0 Å². The Morgan fingerprint density at radius 3 is 2.45 bits per heavy atom. The van der Waals surface area contributed by atoms with E-state index in [0.717, 1.165) is 0 Å². The number of nitrogens with zero attached hydrogens (tertiary/aromatic N) is 2. The number of hydrogen-bond acceptors (Lipinski definition) is 3. The Labute approximate surface area is 63.6 Å². The first-order valence-electron chi connectivity index (χ1n) is 2.97. The van der Waals surface area contributed by atoms with Gasteiger partial charge in [0.1, 0.15) is 0 Å². The smallest absolute Gasteiger partial charge is 0.262 e. The van der Waals surface area contributed by atoms with Gasteiger partial charge in [0.2, 0.25) is 0 Å². The lowest BCUT2D eigenvalue weighted by atomic mass is 9.94. The molecule has 0 aliphatic heterocycles. The molecule has 1 aliphatic rings. The summed E-state index contributed by atoms with van der Waals surface area (Å²) in [5.74, 6) is 0. The zero-order valence-electron chi connectivity index (χ0n) is 5.60. The summed E-state index contributed by atoms with van der Waals surface area (Å²) in [5, 5.41) is 18.9. The molecule has 4 heteroatoms. The zero-order chi connectivity index (χ0) is 8.32. The van der Waals surface area contributed by atoms with Crippen LogP contribution < -0.4 is 0 Å². The van der Waals surface area contributed by atoms with Gasteiger partial charge in [0.15, 0.2) is 6.07 Å². The Balaban J connectivity index is 2.97. The van der Waals surface area contributed by atoms with Gasteiger partial charge < -0.3 is 0 Å². The lowest BCUT2D eigenvalue weighted by molar-refractivity contribution is -0.527. The van der Waals surface area contributed by atoms with Crippen molar-refractivity contribution in [2.45, 2.75) is 5.54 Å². The van der Waals surface area contributed by atoms with Crippen LogP contribution in [-0.4, -0.2) is 10.5 Å². The van der Waals surface area contributed by atoms with Crippen molar-refractivity contribution in [3.05, 3.63) is 40.8 Å². The highest BCUT2D eigenvalue weighted by atomic mass is 16.6. The van der Waals surface area contributed by atoms with Crippen LogP contribution in [0.2, 0.25) is 0 Å². The molecule has 0 amide bonds. The largest absolute Gasteiger partial charge is 0.330 e. The van der Waals surface area contributed by atoms with Crippen molar-refractivity contribution >= 4 is 0 Å². The molecule has 55 valence electrons. The second-order valence-electron chi connectivity index (χ2n) is 2.10. The highest BCUT2D eigenvalue weighted by Gasteiger charge is 2.40. The van der Waals surface area contributed by atoms with Crippen LogP contribution in [0.15, 0.2) is 24.3 Å². The SMILES string of the molecule is N#CC1([N+](=O)[O-])[CH]C=CC=C1. The monoisotopic (exact) mass is 149 g/mol. The Morgan fingerprint density at radius 1 is 1.45 bits per heavy atom. The first kappa shape index (κ1) is 7.48. The Morgan fingerprint density at radius 2 is 2.18 bits per heavy atom. The highest BCUT2D eigenvalue weighted by Crippen LogP contribution is 2.18. The summed E-state index contributed by atoms with van der Waals surface area (Å²) in [4.78, 5) is 9.76. The predicted octanol–water partition coefficient (Wildman–Crippen LogP) is 0.856. The van der Waals surface area contributed by atoms with E-state index in [0.29, 0.717) is 0 Å². The molecule has 0 aromatic rings. The van der Waals surface area contributed by atoms with Crippen molar-refractivity contribution < 1.29 is 4.92 Å². The lowest BCUT2D eigenvalue weighted by Gasteiger charge is -2.12. The van der Waals surface area contributed by atoms with E-state index in [2.05, 4.69) is 0 Å². The maximum absolute atomic E-state index is 10.4. The molecule has 1 radical (unpaired) electrons. The maximum Gasteiger partial charge on any atom is 0.330 e. The fourth-order valence-corrected chi connectivity index (χ4v) is 0.761. The van der Waals surface area contributed by atoms with Gasteiger partial charge in [-0.05, 0) is 0 Å². The van der Waals surface area contributed by atoms with Crippen LogP contribution >= 0.6 is 0 Å². The first-order valence-corrected chi connectivity index (χ1v) is 2.97. The molecule has 0 spiro atoms. The van der Waals surface area contributed by atoms with Gasteiger partial charge in [-0.25, -0.2) is 0 Å². The Bertz CT molecular complexity index is 275. The van der Waals surface area contributed by atoms with E-state index in [9.17, 15) is 10.1 Å². The first-order chi connectivity index (χ1) is 5.21. The molecule has 0 fully saturated rings. The fraction of sp³-hybridized carbons (Fsp3) is 0.143. The van der Waals surface area contributed by atoms with Crippen molar-refractivity contribution in [1.82, 2.24) is 0 Å². The molecule has 4 nitrogen and oxygen atoms in total. The zero-order valence-corrected chi connectivity index (χ0v) is 5.60. The molecule has 0 N–H and O–H groups in total. The molecule has 0 saturated carbocycles. The minimum Gasteiger partial charge on any atom is -0.262 e. The summed E-state index contributed by atoms with van der Waals surface area (Å²) >= 11 is 0. The second kappa shape index (κ2) is 2.54. The van der Waals surface area contributed by atoms with E-state index in [1.807, 2.05) is 0 Å². The van der Waals surface area contributed by atoms with E-state index in [1.54, 1.807) is 12.1 Å². The molecule has 0 saturated heterocycles. The Kier molecular flexibility index (Phi) is 1.73. The number of rotatable bonds is 1. The van der Waals surface area contributed by atoms with Crippen LogP contribution in [0, 0.1) is 27.9 Å². The van der Waals surface area contributed by atoms with Gasteiger partial charge >= 0.3 is 5.54 Å². The van der Waals surface area contributed by atoms with Gasteiger partial charge in [-0.2, -0.15) is 5.26 Å². The fourth-order valence-electron chi connectivity index (χ4n) is 0.761. The molecule has 0 aromatic carbocycles. The van der Waals surface area contributed by atoms with Crippen LogP contribution in [-0.2, 0) is 0 Å². The van der Waals surface area contributed by atoms with Crippen molar-refractivity contribution in [2.24, 2.45) is 0 Å². The van der Waals surface area contributed by atoms with Crippen LogP contribution in [0.1, 0.15) is 0 Å². The summed E-state index contributed by atoms with van der Waals surface area (Å²) in [6.45, 7) is 0. The molecular weight excluding hydrogens is 144 g/mol. The summed E-state index contributed by atoms with van der Waals surface area (Å²) in [7, 11) is 0. The topological polar surface area (TPSA) is 66.9 Å². The molecule has 11 heavy (non-hydrogen) atoms. The summed E-state index contributed by atoms with van der Waals surface area (Å²) in [5.41, 5.74) is -1.64. The van der Waals surface area contributed by atoms with Crippen molar-refractivity contribution in [3.63, 3.8) is 0 Å². The van der Waals surface area contributed by atoms with Gasteiger partial charge in [-0.15, -0.1) is 0 Å². The third kappa shape index (κ3) is 1.13. The minimum absolute atomic E-state index is 0.618. The highest BCUT2D eigenvalue weighted by molar-refractivity contribution is 5.33. The summed E-state index contributed by atoms with van der Waals surface area (Å²) in [6, 6.07) is 1.62. The van der Waals surface area contributed by atoms with Gasteiger partial charge in [0.25, 0.3) is 0 Å². The molecule has 0 aromatic heterocycles. The van der Waals surface area contributed by atoms with Crippen LogP contribution in [0.5, 0.6) is 0 Å². The van der Waals surface area contributed by atoms with E-state index in [-0.39, 0.29) is 0 Å². The minimum atomic E-state index is -1.64. The molecule has 1 rings (SSSR count). The van der Waals surface area contributed by atoms with E-state index >= 15 is 0 Å². The van der Waals surface area contributed by atoms with Gasteiger partial charge in [0.05, 0.1) is 6.42 Å². The quantitative estimate of drug-likeness (QED) is 0.410. The average Bonchev–Trinajstić information content (AvgIpc) is 2.05. The summed E-state index contributed by atoms with van der Waals surface area (Å²) in [6.07, 6.45) is 7.14. The molecule has 1 aliphatic carbocycles. The normalized spacial score (nSPS) is 27.9. The Hall–Kier alpha value is -1.63. The molecule has 1 unspecified atom stereocenters. The van der Waals surface area contributed by atoms with E-state index in [4.69, 9.17) is 5.26 Å². The van der Waals surface area contributed by atoms with Gasteiger partial charge in [-0.3, -0.25) is 10.1 Å². The van der Waals surface area contributed by atoms with Crippen LogP contribution in [0.25, 0.3) is 0 Å². The molecule has 0 heterocycles. The summed E-state index contributed by atoms with van der Waals surface area (Å²) < 4.78 is 0. The predicted molar refractivity (Wildman–Crippen MR) is 37.9 cm³/mol. The molecule has 0 bridgehead atoms. The number of hydrogen-bond donors (Lipinski definition) is 0. The van der Waals surface area contributed by atoms with Crippen molar-refractivity contribution in [1.29, 1.82) is 5.26 Å². The molecule has 1 atom stereocenters. The van der Waals surface area contributed by atoms with Crippen molar-refractivity contribution in [3.8, 4) is 6.07 Å². The second-order valence-corrected chi connectivity index (χ2v) is 2.10. The standard InChI is InChI=1S/C7H5N2O2/c8-6-7(9(10)11)4-2-1-3-5-7/h1-5H. The van der Waals surface area contributed by atoms with E-state index < -0.39 is 10.5 Å². The average molecular weight is 149 g/mol. The van der Waals surface area contributed by atoms with Crippen molar-refractivity contribution in [2.75, 3.05) is 0 Å². The van der Waals surface area contributed by atoms with Gasteiger partial charge in [-0.1, -0.05) is 18.2 Å². The molecular formula is C7H5N2O2. The number of nitro groups is 1. The van der Waals surface area contributed by atoms with Crippen LogP contribution in [0.4, 0.5) is 0 Å². The number of allylic oxidation sites excluding steroid dienone is 2. The third-order valence-corrected chi connectivity index (χ3v) is 1.40. The van der Waals surface area contributed by atoms with Crippen LogP contribution in [0.3, 0.4) is 0 Å². The van der Waals surface area contributed by atoms with E-state index in [1.165, 1.54) is 24.6 Å². The number of nitriles is 1. The third-order valence-electron chi connectivity index (χ3n) is 1.40.